The van der Waals surface area contributed by atoms with Crippen molar-refractivity contribution >= 4 is 27.5 Å². The van der Waals surface area contributed by atoms with Gasteiger partial charge in [-0.1, -0.05) is 24.3 Å². The number of ether oxygens (including phenoxy) is 1. The van der Waals surface area contributed by atoms with Crippen LogP contribution >= 0.6 is 11.3 Å². The summed E-state index contributed by atoms with van der Waals surface area (Å²) < 4.78 is 20.0. The quantitative estimate of drug-likeness (QED) is 0.623. The summed E-state index contributed by atoms with van der Waals surface area (Å²) in [6, 6.07) is 14.7. The van der Waals surface area contributed by atoms with Gasteiger partial charge in [0, 0.05) is 18.4 Å². The fourth-order valence-electron chi connectivity index (χ4n) is 3.73. The second kappa shape index (κ2) is 9.43. The van der Waals surface area contributed by atoms with Crippen molar-refractivity contribution in [2.75, 3.05) is 32.8 Å². The van der Waals surface area contributed by atoms with Gasteiger partial charge in [-0.15, -0.1) is 11.3 Å². The highest BCUT2D eigenvalue weighted by molar-refractivity contribution is 7.18. The first-order valence-corrected chi connectivity index (χ1v) is 10.8. The lowest BCUT2D eigenvalue weighted by Gasteiger charge is -2.32. The summed E-state index contributed by atoms with van der Waals surface area (Å²) in [5.41, 5.74) is 2.02. The lowest BCUT2D eigenvalue weighted by atomic mass is 10.0. The lowest BCUT2D eigenvalue weighted by Crippen LogP contribution is -3.15. The maximum absolute atomic E-state index is 13.3. The fraction of sp³-hybridized carbons (Fsp3) is 0.364. The summed E-state index contributed by atoms with van der Waals surface area (Å²) in [5, 5.41) is 4.06. The average molecular weight is 415 g/mol. The molecule has 0 spiro atoms. The Balaban J connectivity index is 1.35. The predicted octanol–water partition coefficient (Wildman–Crippen LogP) is 2.14. The Morgan fingerprint density at radius 2 is 1.93 bits per heavy atom. The molecular formula is C22H25FN3O2S+. The average Bonchev–Trinajstić information content (AvgIpc) is 3.17. The fourth-order valence-corrected chi connectivity index (χ4v) is 4.69. The van der Waals surface area contributed by atoms with E-state index in [2.05, 4.69) is 16.4 Å². The van der Waals surface area contributed by atoms with Crippen molar-refractivity contribution in [3.63, 3.8) is 0 Å². The van der Waals surface area contributed by atoms with Gasteiger partial charge in [-0.05, 0) is 24.3 Å². The van der Waals surface area contributed by atoms with Crippen LogP contribution in [-0.2, 0) is 16.0 Å². The number of amides is 1. The second-order valence-electron chi connectivity index (χ2n) is 7.25. The highest BCUT2D eigenvalue weighted by atomic mass is 32.1. The molecule has 2 N–H and O–H groups in total. The van der Waals surface area contributed by atoms with E-state index in [4.69, 9.17) is 4.74 Å². The number of carbonyl (C=O) groups is 1. The number of nitrogens with one attached hydrogen (secondary N) is 2. The largest absolute Gasteiger partial charge is 0.370 e. The van der Waals surface area contributed by atoms with E-state index < -0.39 is 0 Å². The monoisotopic (exact) mass is 414 g/mol. The molecule has 1 aliphatic heterocycles. The Morgan fingerprint density at radius 3 is 2.69 bits per heavy atom. The molecular weight excluding hydrogens is 389 g/mol. The van der Waals surface area contributed by atoms with Crippen LogP contribution in [0.3, 0.4) is 0 Å². The van der Waals surface area contributed by atoms with Gasteiger partial charge in [0.1, 0.15) is 24.9 Å². The van der Waals surface area contributed by atoms with Crippen LogP contribution in [0.4, 0.5) is 4.39 Å². The number of carbonyl (C=O) groups excluding carboxylic acids is 1. The maximum atomic E-state index is 13.3. The molecule has 3 aromatic rings. The van der Waals surface area contributed by atoms with Gasteiger partial charge in [0.25, 0.3) is 0 Å². The van der Waals surface area contributed by atoms with E-state index in [0.29, 0.717) is 32.6 Å². The Kier molecular flexibility index (Phi) is 6.49. The highest BCUT2D eigenvalue weighted by Gasteiger charge is 2.26. The van der Waals surface area contributed by atoms with Gasteiger partial charge in [0.15, 0.2) is 0 Å². The summed E-state index contributed by atoms with van der Waals surface area (Å²) in [6.45, 7) is 3.70. The smallest absolute Gasteiger partial charge is 0.220 e. The van der Waals surface area contributed by atoms with Crippen molar-refractivity contribution in [2.45, 2.75) is 18.9 Å². The number of quaternary nitrogens is 1. The van der Waals surface area contributed by atoms with Crippen LogP contribution in [0, 0.1) is 5.82 Å². The number of hydrogen-bond donors (Lipinski definition) is 2. The van der Waals surface area contributed by atoms with Crippen molar-refractivity contribution in [3.8, 4) is 0 Å². The topological polar surface area (TPSA) is 55.7 Å². The first-order valence-electron chi connectivity index (χ1n) is 9.98. The number of para-hydroxylation sites is 1. The molecule has 2 aromatic carbocycles. The third-order valence-corrected chi connectivity index (χ3v) is 6.40. The molecule has 1 saturated heterocycles. The van der Waals surface area contributed by atoms with Crippen molar-refractivity contribution in [2.24, 2.45) is 0 Å². The van der Waals surface area contributed by atoms with E-state index in [1.807, 2.05) is 30.3 Å². The standard InChI is InChI=1S/C22H24FN3O2S/c23-17-7-5-16(6-8-17)19(26-11-13-28-14-12-26)15-24-21(27)9-10-22-25-18-3-1-2-4-20(18)29-22/h1-8,19H,9-15H2,(H,24,27)/p+1/t19-/m0/s1. The van der Waals surface area contributed by atoms with Gasteiger partial charge < -0.3 is 15.0 Å². The summed E-state index contributed by atoms with van der Waals surface area (Å²) in [7, 11) is 0. The maximum Gasteiger partial charge on any atom is 0.220 e. The zero-order valence-corrected chi connectivity index (χ0v) is 17.0. The van der Waals surface area contributed by atoms with Gasteiger partial charge in [-0.3, -0.25) is 4.79 Å². The predicted molar refractivity (Wildman–Crippen MR) is 112 cm³/mol. The van der Waals surface area contributed by atoms with Gasteiger partial charge in [-0.25, -0.2) is 9.37 Å². The number of aryl methyl sites for hydroxylation is 1. The molecule has 0 bridgehead atoms. The minimum atomic E-state index is -0.246. The van der Waals surface area contributed by atoms with Crippen molar-refractivity contribution in [1.82, 2.24) is 10.3 Å². The minimum Gasteiger partial charge on any atom is -0.370 e. The third kappa shape index (κ3) is 5.18. The van der Waals surface area contributed by atoms with E-state index in [1.54, 1.807) is 11.3 Å². The molecule has 152 valence electrons. The molecule has 0 saturated carbocycles. The number of fused-ring (bicyclic) bond motifs is 1. The molecule has 4 rings (SSSR count). The molecule has 7 heteroatoms. The third-order valence-electron chi connectivity index (χ3n) is 5.31. The molecule has 1 aromatic heterocycles. The lowest BCUT2D eigenvalue weighted by molar-refractivity contribution is -0.937. The number of aromatic nitrogens is 1. The second-order valence-corrected chi connectivity index (χ2v) is 8.37. The van der Waals surface area contributed by atoms with Crippen molar-refractivity contribution < 1.29 is 18.8 Å². The SMILES string of the molecule is O=C(CCc1nc2ccccc2s1)NC[C@@H](c1ccc(F)cc1)[NH+]1CCOCC1. The van der Waals surface area contributed by atoms with E-state index in [9.17, 15) is 9.18 Å². The number of hydrogen-bond acceptors (Lipinski definition) is 4. The number of benzene rings is 2. The van der Waals surface area contributed by atoms with Crippen LogP contribution in [0.1, 0.15) is 23.0 Å². The van der Waals surface area contributed by atoms with Gasteiger partial charge >= 0.3 is 0 Å². The normalized spacial score (nSPS) is 16.0. The van der Waals surface area contributed by atoms with Crippen LogP contribution in [0.5, 0.6) is 0 Å². The van der Waals surface area contributed by atoms with Crippen LogP contribution in [0.25, 0.3) is 10.2 Å². The molecule has 1 atom stereocenters. The first-order chi connectivity index (χ1) is 14.2. The van der Waals surface area contributed by atoms with E-state index in [0.717, 1.165) is 33.9 Å². The van der Waals surface area contributed by atoms with Gasteiger partial charge in [-0.2, -0.15) is 0 Å². The zero-order valence-electron chi connectivity index (χ0n) is 16.2. The van der Waals surface area contributed by atoms with Crippen molar-refractivity contribution in [3.05, 3.63) is 64.9 Å². The van der Waals surface area contributed by atoms with E-state index in [1.165, 1.54) is 17.0 Å². The summed E-state index contributed by atoms with van der Waals surface area (Å²) in [6.07, 6.45) is 1.05. The Morgan fingerprint density at radius 1 is 1.17 bits per heavy atom. The number of rotatable bonds is 7. The molecule has 5 nitrogen and oxygen atoms in total. The molecule has 1 amide bonds. The summed E-state index contributed by atoms with van der Waals surface area (Å²) in [5.74, 6) is -0.228. The number of halogens is 1. The highest BCUT2D eigenvalue weighted by Crippen LogP contribution is 2.22. The Hall–Kier alpha value is -2.35. The Bertz CT molecular complexity index is 921. The number of thiazole rings is 1. The zero-order chi connectivity index (χ0) is 20.1. The number of nitrogens with zero attached hydrogens (tertiary/aromatic N) is 1. The molecule has 0 radical (unpaired) electrons. The number of morpholine rings is 1. The van der Waals surface area contributed by atoms with Crippen LogP contribution in [0.2, 0.25) is 0 Å². The van der Waals surface area contributed by atoms with Crippen LogP contribution in [0.15, 0.2) is 48.5 Å². The molecule has 0 unspecified atom stereocenters. The van der Waals surface area contributed by atoms with Gasteiger partial charge in [0.05, 0.1) is 35.0 Å². The van der Waals surface area contributed by atoms with Gasteiger partial charge in [0.2, 0.25) is 5.91 Å². The van der Waals surface area contributed by atoms with E-state index >= 15 is 0 Å². The van der Waals surface area contributed by atoms with Crippen LogP contribution in [-0.4, -0.2) is 43.7 Å². The molecule has 1 fully saturated rings. The molecule has 29 heavy (non-hydrogen) atoms. The minimum absolute atomic E-state index is 0.0176. The Labute approximate surface area is 173 Å². The first kappa shape index (κ1) is 19.9. The van der Waals surface area contributed by atoms with Crippen LogP contribution < -0.4 is 10.2 Å². The molecule has 1 aliphatic rings. The summed E-state index contributed by atoms with van der Waals surface area (Å²) in [4.78, 5) is 18.4. The molecule has 2 heterocycles. The molecule has 0 aliphatic carbocycles. The van der Waals surface area contributed by atoms with Crippen molar-refractivity contribution in [1.29, 1.82) is 0 Å². The van der Waals surface area contributed by atoms with E-state index in [-0.39, 0.29) is 17.8 Å². The summed E-state index contributed by atoms with van der Waals surface area (Å²) >= 11 is 1.64.